The van der Waals surface area contributed by atoms with Crippen molar-refractivity contribution in [3.63, 3.8) is 0 Å². The molecule has 1 aliphatic heterocycles. The third-order valence-corrected chi connectivity index (χ3v) is 4.96. The lowest BCUT2D eigenvalue weighted by atomic mass is 9.87. The van der Waals surface area contributed by atoms with Crippen molar-refractivity contribution in [3.8, 4) is 5.75 Å². The molecule has 3 rings (SSSR count). The number of aromatic nitrogens is 1. The number of pyridine rings is 1. The van der Waals surface area contributed by atoms with Crippen molar-refractivity contribution in [2.45, 2.75) is 45.3 Å². The molecule has 1 fully saturated rings. The van der Waals surface area contributed by atoms with Gasteiger partial charge in [-0.1, -0.05) is 39.0 Å². The molecule has 2 unspecified atom stereocenters. The van der Waals surface area contributed by atoms with Gasteiger partial charge < -0.3 is 15.0 Å². The Morgan fingerprint density at radius 3 is 2.81 bits per heavy atom. The van der Waals surface area contributed by atoms with E-state index in [2.05, 4.69) is 37.1 Å². The number of benzene rings is 1. The smallest absolute Gasteiger partial charge is 0.263 e. The normalized spacial score (nSPS) is 18.8. The highest BCUT2D eigenvalue weighted by molar-refractivity contribution is 5.81. The van der Waals surface area contributed by atoms with Crippen LogP contribution in [0.5, 0.6) is 5.75 Å². The molecule has 2 atom stereocenters. The van der Waals surface area contributed by atoms with E-state index in [-0.39, 0.29) is 17.4 Å². The van der Waals surface area contributed by atoms with Gasteiger partial charge in [-0.3, -0.25) is 9.78 Å². The van der Waals surface area contributed by atoms with Crippen LogP contribution in [0.3, 0.4) is 0 Å². The van der Waals surface area contributed by atoms with Gasteiger partial charge in [-0.15, -0.1) is 0 Å². The van der Waals surface area contributed by atoms with E-state index in [0.717, 1.165) is 24.4 Å². The average molecular weight is 367 g/mol. The molecule has 1 aromatic carbocycles. The van der Waals surface area contributed by atoms with Gasteiger partial charge in [-0.05, 0) is 41.7 Å². The minimum atomic E-state index is -0.544. The maximum absolute atomic E-state index is 13.1. The fraction of sp³-hybridized carbons (Fsp3) is 0.455. The van der Waals surface area contributed by atoms with E-state index in [0.29, 0.717) is 6.54 Å². The molecule has 27 heavy (non-hydrogen) atoms. The minimum absolute atomic E-state index is 0.00603. The third kappa shape index (κ3) is 4.66. The lowest BCUT2D eigenvalue weighted by molar-refractivity contribution is -0.141. The predicted molar refractivity (Wildman–Crippen MR) is 107 cm³/mol. The molecule has 0 spiro atoms. The SMILES string of the molecule is CC(Oc1cccc(C(C)(C)C)c1)C(=O)N1CCNCC1c1cccnc1. The van der Waals surface area contributed by atoms with Crippen LogP contribution in [0.2, 0.25) is 0 Å². The van der Waals surface area contributed by atoms with E-state index in [9.17, 15) is 4.79 Å². The Bertz CT molecular complexity index is 771. The molecular weight excluding hydrogens is 338 g/mol. The summed E-state index contributed by atoms with van der Waals surface area (Å²) in [4.78, 5) is 19.2. The van der Waals surface area contributed by atoms with Crippen LogP contribution >= 0.6 is 0 Å². The van der Waals surface area contributed by atoms with Gasteiger partial charge in [0.2, 0.25) is 0 Å². The van der Waals surface area contributed by atoms with Crippen molar-refractivity contribution in [2.75, 3.05) is 19.6 Å². The van der Waals surface area contributed by atoms with Crippen molar-refractivity contribution >= 4 is 5.91 Å². The number of nitrogens with one attached hydrogen (secondary N) is 1. The molecule has 1 amide bonds. The van der Waals surface area contributed by atoms with Gasteiger partial charge in [0.15, 0.2) is 6.10 Å². The molecule has 0 radical (unpaired) electrons. The second kappa shape index (κ2) is 8.09. The van der Waals surface area contributed by atoms with Crippen LogP contribution in [0.4, 0.5) is 0 Å². The molecule has 1 saturated heterocycles. The Kier molecular flexibility index (Phi) is 5.80. The molecule has 1 aliphatic rings. The molecular formula is C22H29N3O2. The number of ether oxygens (including phenoxy) is 1. The molecule has 0 saturated carbocycles. The topological polar surface area (TPSA) is 54.5 Å². The van der Waals surface area contributed by atoms with Crippen molar-refractivity contribution in [1.29, 1.82) is 0 Å². The third-order valence-electron chi connectivity index (χ3n) is 4.96. The first-order chi connectivity index (χ1) is 12.9. The number of nitrogens with zero attached hydrogens (tertiary/aromatic N) is 2. The molecule has 5 heteroatoms. The Morgan fingerprint density at radius 2 is 2.11 bits per heavy atom. The van der Waals surface area contributed by atoms with Crippen LogP contribution in [0.25, 0.3) is 0 Å². The molecule has 2 heterocycles. The maximum atomic E-state index is 13.1. The van der Waals surface area contributed by atoms with Crippen LogP contribution in [-0.2, 0) is 10.2 Å². The lowest BCUT2D eigenvalue weighted by Gasteiger charge is -2.37. The van der Waals surface area contributed by atoms with Gasteiger partial charge in [0.25, 0.3) is 5.91 Å². The van der Waals surface area contributed by atoms with Gasteiger partial charge in [0, 0.05) is 32.0 Å². The Morgan fingerprint density at radius 1 is 1.30 bits per heavy atom. The molecule has 1 N–H and O–H groups in total. The van der Waals surface area contributed by atoms with E-state index in [4.69, 9.17) is 4.74 Å². The van der Waals surface area contributed by atoms with Crippen molar-refractivity contribution in [3.05, 3.63) is 59.9 Å². The van der Waals surface area contributed by atoms with Gasteiger partial charge >= 0.3 is 0 Å². The maximum Gasteiger partial charge on any atom is 0.263 e. The van der Waals surface area contributed by atoms with Crippen molar-refractivity contribution in [1.82, 2.24) is 15.2 Å². The van der Waals surface area contributed by atoms with Crippen LogP contribution in [0.15, 0.2) is 48.8 Å². The molecule has 1 aromatic heterocycles. The van der Waals surface area contributed by atoms with Crippen LogP contribution in [-0.4, -0.2) is 41.5 Å². The fourth-order valence-electron chi connectivity index (χ4n) is 3.36. The molecule has 0 bridgehead atoms. The highest BCUT2D eigenvalue weighted by Gasteiger charge is 2.31. The first-order valence-corrected chi connectivity index (χ1v) is 9.54. The van der Waals surface area contributed by atoms with E-state index in [1.54, 1.807) is 6.20 Å². The minimum Gasteiger partial charge on any atom is -0.481 e. The summed E-state index contributed by atoms with van der Waals surface area (Å²) in [6.45, 7) is 10.5. The van der Waals surface area contributed by atoms with Crippen molar-refractivity contribution < 1.29 is 9.53 Å². The lowest BCUT2D eigenvalue weighted by Crippen LogP contribution is -2.52. The largest absolute Gasteiger partial charge is 0.481 e. The quantitative estimate of drug-likeness (QED) is 0.901. The van der Waals surface area contributed by atoms with Crippen LogP contribution in [0.1, 0.15) is 44.9 Å². The second-order valence-corrected chi connectivity index (χ2v) is 8.08. The number of rotatable bonds is 4. The first kappa shape index (κ1) is 19.4. The zero-order valence-corrected chi connectivity index (χ0v) is 16.6. The van der Waals surface area contributed by atoms with Crippen molar-refractivity contribution in [2.24, 2.45) is 0 Å². The zero-order chi connectivity index (χ0) is 19.4. The Labute approximate surface area is 161 Å². The zero-order valence-electron chi connectivity index (χ0n) is 16.6. The number of piperazine rings is 1. The monoisotopic (exact) mass is 367 g/mol. The van der Waals surface area contributed by atoms with Gasteiger partial charge in [0.1, 0.15) is 5.75 Å². The summed E-state index contributed by atoms with van der Waals surface area (Å²) in [5.41, 5.74) is 2.27. The second-order valence-electron chi connectivity index (χ2n) is 8.08. The predicted octanol–water partition coefficient (Wildman–Crippen LogP) is 3.32. The summed E-state index contributed by atoms with van der Waals surface area (Å²) in [5.74, 6) is 0.739. The van der Waals surface area contributed by atoms with E-state index < -0.39 is 6.10 Å². The molecule has 5 nitrogen and oxygen atoms in total. The average Bonchev–Trinajstić information content (AvgIpc) is 2.67. The standard InChI is InChI=1S/C22H29N3O2/c1-16(27-19-9-5-8-18(13-19)22(2,3)4)21(26)25-12-11-24-15-20(25)17-7-6-10-23-14-17/h5-10,13-14,16,20,24H,11-12,15H2,1-4H3. The van der Waals surface area contributed by atoms with Crippen LogP contribution in [0, 0.1) is 0 Å². The number of hydrogen-bond acceptors (Lipinski definition) is 4. The van der Waals surface area contributed by atoms with E-state index in [1.807, 2.05) is 48.4 Å². The highest BCUT2D eigenvalue weighted by atomic mass is 16.5. The molecule has 2 aromatic rings. The highest BCUT2D eigenvalue weighted by Crippen LogP contribution is 2.27. The summed E-state index contributed by atoms with van der Waals surface area (Å²) >= 11 is 0. The number of carbonyl (C=O) groups excluding carboxylic acids is 1. The number of carbonyl (C=O) groups is 1. The molecule has 144 valence electrons. The van der Waals surface area contributed by atoms with E-state index >= 15 is 0 Å². The summed E-state index contributed by atoms with van der Waals surface area (Å²) in [6, 6.07) is 11.9. The summed E-state index contributed by atoms with van der Waals surface area (Å²) < 4.78 is 6.02. The molecule has 0 aliphatic carbocycles. The van der Waals surface area contributed by atoms with Crippen LogP contribution < -0.4 is 10.1 Å². The number of amides is 1. The first-order valence-electron chi connectivity index (χ1n) is 9.54. The van der Waals surface area contributed by atoms with Gasteiger partial charge in [-0.2, -0.15) is 0 Å². The fourth-order valence-corrected chi connectivity index (χ4v) is 3.36. The number of hydrogen-bond donors (Lipinski definition) is 1. The summed E-state index contributed by atoms with van der Waals surface area (Å²) in [6.07, 6.45) is 3.04. The van der Waals surface area contributed by atoms with Gasteiger partial charge in [0.05, 0.1) is 6.04 Å². The Hall–Kier alpha value is -2.40. The van der Waals surface area contributed by atoms with Gasteiger partial charge in [-0.25, -0.2) is 0 Å². The van der Waals surface area contributed by atoms with E-state index in [1.165, 1.54) is 5.56 Å². The summed E-state index contributed by atoms with van der Waals surface area (Å²) in [7, 11) is 0. The Balaban J connectivity index is 1.74. The summed E-state index contributed by atoms with van der Waals surface area (Å²) in [5, 5.41) is 3.37.